The monoisotopic (exact) mass is 333 g/mol. The molecule has 1 aromatic carbocycles. The standard InChI is InChI=1S/C16H20BrN3/c1-10(2)13-8-9-18-16-14(17)15(19-20(13)16)12-6-4-11(3)5-7-12/h4-7,10,13,18H,8-9H2,1-3H3. The van der Waals surface area contributed by atoms with Crippen LogP contribution in [0.2, 0.25) is 0 Å². The summed E-state index contributed by atoms with van der Waals surface area (Å²) in [4.78, 5) is 0. The Morgan fingerprint density at radius 2 is 2.00 bits per heavy atom. The van der Waals surface area contributed by atoms with E-state index < -0.39 is 0 Å². The van der Waals surface area contributed by atoms with Gasteiger partial charge < -0.3 is 5.32 Å². The number of halogens is 1. The molecule has 0 spiro atoms. The topological polar surface area (TPSA) is 29.9 Å². The quantitative estimate of drug-likeness (QED) is 0.867. The van der Waals surface area contributed by atoms with Gasteiger partial charge in [0.2, 0.25) is 0 Å². The van der Waals surface area contributed by atoms with Crippen molar-refractivity contribution in [1.82, 2.24) is 9.78 Å². The molecule has 2 heterocycles. The number of fused-ring (bicyclic) bond motifs is 1. The smallest absolute Gasteiger partial charge is 0.139 e. The minimum Gasteiger partial charge on any atom is -0.369 e. The Morgan fingerprint density at radius 3 is 2.65 bits per heavy atom. The molecule has 1 atom stereocenters. The van der Waals surface area contributed by atoms with Crippen LogP contribution in [0, 0.1) is 12.8 Å². The second-order valence-corrected chi connectivity index (χ2v) is 6.64. The first-order chi connectivity index (χ1) is 9.58. The molecule has 1 aromatic heterocycles. The zero-order valence-electron chi connectivity index (χ0n) is 12.2. The zero-order chi connectivity index (χ0) is 14.3. The fourth-order valence-electron chi connectivity index (χ4n) is 2.79. The van der Waals surface area contributed by atoms with Gasteiger partial charge in [-0.1, -0.05) is 43.7 Å². The zero-order valence-corrected chi connectivity index (χ0v) is 13.7. The predicted octanol–water partition coefficient (Wildman–Crippen LogP) is 4.63. The Bertz CT molecular complexity index is 613. The van der Waals surface area contributed by atoms with Gasteiger partial charge in [-0.2, -0.15) is 5.10 Å². The maximum absolute atomic E-state index is 4.86. The van der Waals surface area contributed by atoms with Gasteiger partial charge in [0.1, 0.15) is 11.5 Å². The number of hydrogen-bond acceptors (Lipinski definition) is 2. The first-order valence-corrected chi connectivity index (χ1v) is 7.96. The van der Waals surface area contributed by atoms with Crippen LogP contribution in [0.25, 0.3) is 11.3 Å². The second-order valence-electron chi connectivity index (χ2n) is 5.85. The molecule has 1 aliphatic heterocycles. The number of nitrogens with zero attached hydrogens (tertiary/aromatic N) is 2. The molecular weight excluding hydrogens is 314 g/mol. The summed E-state index contributed by atoms with van der Waals surface area (Å²) in [7, 11) is 0. The molecule has 0 amide bonds. The molecule has 3 rings (SSSR count). The molecule has 4 heteroatoms. The molecule has 106 valence electrons. The summed E-state index contributed by atoms with van der Waals surface area (Å²) in [5.74, 6) is 1.71. The number of rotatable bonds is 2. The van der Waals surface area contributed by atoms with Crippen molar-refractivity contribution in [2.75, 3.05) is 11.9 Å². The normalized spacial score (nSPS) is 17.9. The minimum atomic E-state index is 0.474. The lowest BCUT2D eigenvalue weighted by Gasteiger charge is -2.28. The first-order valence-electron chi connectivity index (χ1n) is 7.17. The van der Waals surface area contributed by atoms with Crippen molar-refractivity contribution < 1.29 is 0 Å². The highest BCUT2D eigenvalue weighted by Gasteiger charge is 2.27. The number of aryl methyl sites for hydroxylation is 1. The molecule has 0 bridgehead atoms. The maximum atomic E-state index is 4.86. The number of benzene rings is 1. The highest BCUT2D eigenvalue weighted by Crippen LogP contribution is 2.39. The van der Waals surface area contributed by atoms with Gasteiger partial charge >= 0.3 is 0 Å². The molecule has 0 saturated heterocycles. The van der Waals surface area contributed by atoms with Gasteiger partial charge in [0, 0.05) is 12.1 Å². The summed E-state index contributed by atoms with van der Waals surface area (Å²) in [6, 6.07) is 9.01. The largest absolute Gasteiger partial charge is 0.369 e. The van der Waals surface area contributed by atoms with Crippen molar-refractivity contribution >= 4 is 21.7 Å². The van der Waals surface area contributed by atoms with Crippen molar-refractivity contribution in [3.8, 4) is 11.3 Å². The van der Waals surface area contributed by atoms with Crippen molar-refractivity contribution in [1.29, 1.82) is 0 Å². The fraction of sp³-hybridized carbons (Fsp3) is 0.438. The van der Waals surface area contributed by atoms with Gasteiger partial charge in [-0.3, -0.25) is 0 Å². The third-order valence-electron chi connectivity index (χ3n) is 3.99. The van der Waals surface area contributed by atoms with Gasteiger partial charge in [-0.15, -0.1) is 0 Å². The second kappa shape index (κ2) is 5.24. The number of aromatic nitrogens is 2. The van der Waals surface area contributed by atoms with Crippen molar-refractivity contribution in [2.24, 2.45) is 5.92 Å². The third-order valence-corrected chi connectivity index (χ3v) is 4.75. The third kappa shape index (κ3) is 2.26. The summed E-state index contributed by atoms with van der Waals surface area (Å²) >= 11 is 3.72. The van der Waals surface area contributed by atoms with E-state index in [1.54, 1.807) is 0 Å². The van der Waals surface area contributed by atoms with Crippen LogP contribution in [0.15, 0.2) is 28.7 Å². The number of anilines is 1. The molecule has 3 nitrogen and oxygen atoms in total. The fourth-order valence-corrected chi connectivity index (χ4v) is 3.42. The Labute approximate surface area is 128 Å². The van der Waals surface area contributed by atoms with E-state index in [1.165, 1.54) is 5.56 Å². The molecule has 1 aliphatic rings. The molecule has 0 fully saturated rings. The van der Waals surface area contributed by atoms with E-state index in [4.69, 9.17) is 5.10 Å². The van der Waals surface area contributed by atoms with Gasteiger partial charge in [-0.25, -0.2) is 4.68 Å². The van der Waals surface area contributed by atoms with Crippen LogP contribution in [0.1, 0.15) is 31.9 Å². The van der Waals surface area contributed by atoms with Crippen molar-refractivity contribution in [3.05, 3.63) is 34.3 Å². The summed E-state index contributed by atoms with van der Waals surface area (Å²) in [6.45, 7) is 7.65. The average molecular weight is 334 g/mol. The SMILES string of the molecule is Cc1ccc(-c2nn3c(c2Br)NCCC3C(C)C)cc1. The number of hydrogen-bond donors (Lipinski definition) is 1. The van der Waals surface area contributed by atoms with Gasteiger partial charge in [0.25, 0.3) is 0 Å². The molecule has 0 saturated carbocycles. The van der Waals surface area contributed by atoms with Gasteiger partial charge in [0.05, 0.1) is 10.5 Å². The molecule has 2 aromatic rings. The molecule has 0 aliphatic carbocycles. The van der Waals surface area contributed by atoms with Crippen LogP contribution in [-0.4, -0.2) is 16.3 Å². The summed E-state index contributed by atoms with van der Waals surface area (Å²) in [6.07, 6.45) is 1.13. The van der Waals surface area contributed by atoms with E-state index in [2.05, 4.69) is 71.0 Å². The Kier molecular flexibility index (Phi) is 3.59. The van der Waals surface area contributed by atoms with Crippen molar-refractivity contribution in [2.45, 2.75) is 33.2 Å². The average Bonchev–Trinajstić information content (AvgIpc) is 2.77. The van der Waals surface area contributed by atoms with Crippen LogP contribution >= 0.6 is 15.9 Å². The van der Waals surface area contributed by atoms with E-state index in [0.717, 1.165) is 34.5 Å². The molecular formula is C16H20BrN3. The lowest BCUT2D eigenvalue weighted by molar-refractivity contribution is 0.323. The molecule has 20 heavy (non-hydrogen) atoms. The maximum Gasteiger partial charge on any atom is 0.139 e. The lowest BCUT2D eigenvalue weighted by atomic mass is 10.00. The van der Waals surface area contributed by atoms with E-state index in [0.29, 0.717) is 12.0 Å². The number of nitrogens with one attached hydrogen (secondary N) is 1. The molecule has 1 N–H and O–H groups in total. The highest BCUT2D eigenvalue weighted by atomic mass is 79.9. The van der Waals surface area contributed by atoms with Crippen LogP contribution < -0.4 is 5.32 Å². The van der Waals surface area contributed by atoms with E-state index in [9.17, 15) is 0 Å². The van der Waals surface area contributed by atoms with Gasteiger partial charge in [0.15, 0.2) is 0 Å². The molecule has 1 unspecified atom stereocenters. The Hall–Kier alpha value is -1.29. The van der Waals surface area contributed by atoms with Crippen LogP contribution in [-0.2, 0) is 0 Å². The van der Waals surface area contributed by atoms with E-state index in [-0.39, 0.29) is 0 Å². The highest BCUT2D eigenvalue weighted by molar-refractivity contribution is 9.10. The molecule has 0 radical (unpaired) electrons. The van der Waals surface area contributed by atoms with Crippen LogP contribution in [0.4, 0.5) is 5.82 Å². The predicted molar refractivity (Wildman–Crippen MR) is 87.1 cm³/mol. The first kappa shape index (κ1) is 13.7. The van der Waals surface area contributed by atoms with Gasteiger partial charge in [-0.05, 0) is 35.2 Å². The lowest BCUT2D eigenvalue weighted by Crippen LogP contribution is -2.26. The summed E-state index contributed by atoms with van der Waals surface area (Å²) < 4.78 is 3.24. The van der Waals surface area contributed by atoms with E-state index in [1.807, 2.05) is 0 Å². The Morgan fingerprint density at radius 1 is 1.30 bits per heavy atom. The summed E-state index contributed by atoms with van der Waals surface area (Å²) in [5, 5.41) is 8.33. The van der Waals surface area contributed by atoms with E-state index >= 15 is 0 Å². The Balaban J connectivity index is 2.08. The van der Waals surface area contributed by atoms with Crippen LogP contribution in [0.5, 0.6) is 0 Å². The van der Waals surface area contributed by atoms with Crippen molar-refractivity contribution in [3.63, 3.8) is 0 Å². The van der Waals surface area contributed by atoms with Crippen LogP contribution in [0.3, 0.4) is 0 Å². The summed E-state index contributed by atoms with van der Waals surface area (Å²) in [5.41, 5.74) is 3.46. The minimum absolute atomic E-state index is 0.474.